The third kappa shape index (κ3) is 2.33. The predicted molar refractivity (Wildman–Crippen MR) is 88.9 cm³/mol. The lowest BCUT2D eigenvalue weighted by atomic mass is 10.1. The summed E-state index contributed by atoms with van der Waals surface area (Å²) >= 11 is 1.40. The van der Waals surface area contributed by atoms with E-state index in [2.05, 4.69) is 4.98 Å². The lowest BCUT2D eigenvalue weighted by molar-refractivity contribution is -0.384. The minimum absolute atomic E-state index is 0.0304. The summed E-state index contributed by atoms with van der Waals surface area (Å²) in [7, 11) is 0. The Labute approximate surface area is 135 Å². The zero-order valence-corrected chi connectivity index (χ0v) is 13.0. The van der Waals surface area contributed by atoms with Gasteiger partial charge >= 0.3 is 0 Å². The van der Waals surface area contributed by atoms with Gasteiger partial charge in [-0.2, -0.15) is 0 Å². The normalized spacial score (nSPS) is 13.9. The van der Waals surface area contributed by atoms with Gasteiger partial charge in [0.05, 0.1) is 10.4 Å². The first-order valence-electron chi connectivity index (χ1n) is 7.41. The van der Waals surface area contributed by atoms with E-state index in [9.17, 15) is 14.9 Å². The lowest BCUT2D eigenvalue weighted by Crippen LogP contribution is -2.27. The summed E-state index contributed by atoms with van der Waals surface area (Å²) in [6.07, 6.45) is 2.92. The monoisotopic (exact) mass is 327 g/mol. The molecule has 1 aromatic carbocycles. The van der Waals surface area contributed by atoms with Gasteiger partial charge in [0.2, 0.25) is 0 Å². The number of nitrogens with zero attached hydrogens (tertiary/aromatic N) is 3. The van der Waals surface area contributed by atoms with E-state index in [0.29, 0.717) is 4.70 Å². The minimum atomic E-state index is -0.420. The van der Waals surface area contributed by atoms with Gasteiger partial charge in [0.25, 0.3) is 11.2 Å². The maximum Gasteiger partial charge on any atom is 0.271 e. The first-order valence-corrected chi connectivity index (χ1v) is 8.23. The number of nitro groups is 1. The van der Waals surface area contributed by atoms with E-state index in [1.54, 1.807) is 16.7 Å². The second kappa shape index (κ2) is 5.27. The van der Waals surface area contributed by atoms with Crippen molar-refractivity contribution in [2.75, 3.05) is 0 Å². The van der Waals surface area contributed by atoms with Crippen molar-refractivity contribution in [1.82, 2.24) is 9.55 Å². The Balaban J connectivity index is 1.84. The smallest absolute Gasteiger partial charge is 0.271 e. The first kappa shape index (κ1) is 14.1. The van der Waals surface area contributed by atoms with Crippen LogP contribution in [-0.4, -0.2) is 14.5 Å². The Hall–Kier alpha value is -2.54. The molecule has 116 valence electrons. The van der Waals surface area contributed by atoms with Crippen molar-refractivity contribution in [1.29, 1.82) is 0 Å². The van der Waals surface area contributed by atoms with E-state index >= 15 is 0 Å². The second-order valence-corrected chi connectivity index (χ2v) is 6.62. The van der Waals surface area contributed by atoms with E-state index in [1.807, 2.05) is 6.07 Å². The van der Waals surface area contributed by atoms with E-state index in [-0.39, 0.29) is 11.2 Å². The van der Waals surface area contributed by atoms with Gasteiger partial charge in [-0.1, -0.05) is 0 Å². The molecule has 1 aliphatic heterocycles. The average molecular weight is 327 g/mol. The topological polar surface area (TPSA) is 78.0 Å². The quantitative estimate of drug-likeness (QED) is 0.534. The number of hydrogen-bond acceptors (Lipinski definition) is 5. The molecule has 7 heteroatoms. The fourth-order valence-electron chi connectivity index (χ4n) is 2.92. The van der Waals surface area contributed by atoms with Crippen molar-refractivity contribution in [2.45, 2.75) is 25.8 Å². The van der Waals surface area contributed by atoms with Crippen LogP contribution < -0.4 is 5.56 Å². The van der Waals surface area contributed by atoms with Crippen LogP contribution in [0, 0.1) is 10.1 Å². The van der Waals surface area contributed by atoms with E-state index in [0.717, 1.165) is 47.6 Å². The molecule has 0 fully saturated rings. The van der Waals surface area contributed by atoms with Crippen LogP contribution in [0.1, 0.15) is 18.7 Å². The Kier molecular flexibility index (Phi) is 3.23. The molecule has 6 nitrogen and oxygen atoms in total. The van der Waals surface area contributed by atoms with E-state index < -0.39 is 4.92 Å². The van der Waals surface area contributed by atoms with Crippen molar-refractivity contribution in [3.8, 4) is 10.4 Å². The first-order chi connectivity index (χ1) is 11.1. The molecule has 0 radical (unpaired) electrons. The number of hydrogen-bond donors (Lipinski definition) is 0. The highest BCUT2D eigenvalue weighted by Gasteiger charge is 2.17. The number of benzene rings is 1. The average Bonchev–Trinajstić information content (AvgIpc) is 2.99. The third-order valence-electron chi connectivity index (χ3n) is 4.11. The molecule has 4 rings (SSSR count). The Morgan fingerprint density at radius 2 is 2.00 bits per heavy atom. The number of nitro benzene ring substituents is 1. The Bertz CT molecular complexity index is 973. The molecule has 0 saturated heterocycles. The van der Waals surface area contributed by atoms with Crippen molar-refractivity contribution < 1.29 is 4.92 Å². The van der Waals surface area contributed by atoms with Crippen LogP contribution in [0.2, 0.25) is 0 Å². The van der Waals surface area contributed by atoms with Crippen LogP contribution in [0.3, 0.4) is 0 Å². The van der Waals surface area contributed by atoms with Gasteiger partial charge in [-0.15, -0.1) is 11.3 Å². The van der Waals surface area contributed by atoms with Crippen LogP contribution in [-0.2, 0) is 13.0 Å². The number of fused-ring (bicyclic) bond motifs is 2. The fourth-order valence-corrected chi connectivity index (χ4v) is 3.97. The predicted octanol–water partition coefficient (Wildman–Crippen LogP) is 3.37. The molecule has 0 bridgehead atoms. The third-order valence-corrected chi connectivity index (χ3v) is 5.27. The largest absolute Gasteiger partial charge is 0.295 e. The maximum absolute atomic E-state index is 12.6. The van der Waals surface area contributed by atoms with Crippen molar-refractivity contribution >= 4 is 27.2 Å². The van der Waals surface area contributed by atoms with Crippen LogP contribution in [0.4, 0.5) is 5.69 Å². The molecule has 3 heterocycles. The van der Waals surface area contributed by atoms with Gasteiger partial charge < -0.3 is 0 Å². The molecule has 2 aromatic heterocycles. The summed E-state index contributed by atoms with van der Waals surface area (Å²) in [5.41, 5.74) is 1.67. The molecule has 0 saturated carbocycles. The van der Waals surface area contributed by atoms with Gasteiger partial charge in [0.1, 0.15) is 10.5 Å². The molecule has 0 spiro atoms. The molecule has 0 unspecified atom stereocenters. The summed E-state index contributed by atoms with van der Waals surface area (Å²) in [6, 6.07) is 8.27. The highest BCUT2D eigenvalue weighted by atomic mass is 32.1. The zero-order valence-electron chi connectivity index (χ0n) is 12.2. The van der Waals surface area contributed by atoms with Gasteiger partial charge in [-0.25, -0.2) is 4.98 Å². The highest BCUT2D eigenvalue weighted by molar-refractivity contribution is 7.22. The number of aryl methyl sites for hydroxylation is 1. The summed E-state index contributed by atoms with van der Waals surface area (Å²) in [4.78, 5) is 28.5. The van der Waals surface area contributed by atoms with Crippen molar-refractivity contribution in [3.05, 3.63) is 56.6 Å². The molecular formula is C16H13N3O3S. The summed E-state index contributed by atoms with van der Waals surface area (Å²) in [5.74, 6) is 0.863. The maximum atomic E-state index is 12.6. The minimum Gasteiger partial charge on any atom is -0.295 e. The summed E-state index contributed by atoms with van der Waals surface area (Å²) in [5, 5.41) is 10.7. The SMILES string of the molecule is O=c1c2sc(-c3ccc([N+](=O)[O-])cc3)cc2nc2n1CCCC2. The number of aromatic nitrogens is 2. The summed E-state index contributed by atoms with van der Waals surface area (Å²) < 4.78 is 2.44. The Morgan fingerprint density at radius 3 is 2.74 bits per heavy atom. The second-order valence-electron chi connectivity index (χ2n) is 5.57. The molecule has 0 aliphatic carbocycles. The number of rotatable bonds is 2. The molecule has 23 heavy (non-hydrogen) atoms. The standard InChI is InChI=1S/C16H13N3O3S/c20-16-15-12(17-14-3-1-2-8-18(14)16)9-13(23-15)10-4-6-11(7-5-10)19(21)22/h4-7,9H,1-3,8H2. The molecule has 0 amide bonds. The number of thiophene rings is 1. The van der Waals surface area contributed by atoms with Crippen LogP contribution >= 0.6 is 11.3 Å². The van der Waals surface area contributed by atoms with Crippen LogP contribution in [0.15, 0.2) is 35.1 Å². The number of non-ortho nitro benzene ring substituents is 1. The lowest BCUT2D eigenvalue weighted by Gasteiger charge is -2.16. The van der Waals surface area contributed by atoms with E-state index in [1.165, 1.54) is 23.5 Å². The highest BCUT2D eigenvalue weighted by Crippen LogP contribution is 2.32. The molecule has 1 aliphatic rings. The molecule has 0 atom stereocenters. The van der Waals surface area contributed by atoms with Gasteiger partial charge in [-0.3, -0.25) is 19.5 Å². The van der Waals surface area contributed by atoms with E-state index in [4.69, 9.17) is 0 Å². The van der Waals surface area contributed by atoms with Crippen molar-refractivity contribution in [2.24, 2.45) is 0 Å². The van der Waals surface area contributed by atoms with Crippen molar-refractivity contribution in [3.63, 3.8) is 0 Å². The zero-order chi connectivity index (χ0) is 16.0. The molecule has 3 aromatic rings. The van der Waals surface area contributed by atoms with Crippen LogP contribution in [0.25, 0.3) is 20.7 Å². The van der Waals surface area contributed by atoms with Gasteiger partial charge in [0.15, 0.2) is 0 Å². The molecule has 0 N–H and O–H groups in total. The van der Waals surface area contributed by atoms with Gasteiger partial charge in [-0.05, 0) is 36.6 Å². The van der Waals surface area contributed by atoms with Gasteiger partial charge in [0, 0.05) is 30.0 Å². The summed E-state index contributed by atoms with van der Waals surface area (Å²) in [6.45, 7) is 0.738. The molecular weight excluding hydrogens is 314 g/mol. The Morgan fingerprint density at radius 1 is 1.22 bits per heavy atom. The van der Waals surface area contributed by atoms with Crippen LogP contribution in [0.5, 0.6) is 0 Å². The fraction of sp³-hybridized carbons (Fsp3) is 0.250.